The van der Waals surface area contributed by atoms with Crippen LogP contribution in [-0.4, -0.2) is 34.2 Å². The summed E-state index contributed by atoms with van der Waals surface area (Å²) >= 11 is 9.24. The summed E-state index contributed by atoms with van der Waals surface area (Å²) in [6.45, 7) is 1.29. The fourth-order valence-electron chi connectivity index (χ4n) is 2.42. The summed E-state index contributed by atoms with van der Waals surface area (Å²) in [7, 11) is 0. The maximum atomic E-state index is 12.4. The minimum absolute atomic E-state index is 0.0713. The molecule has 1 saturated heterocycles. The molecule has 20 heavy (non-hydrogen) atoms. The molecule has 1 atom stereocenters. The van der Waals surface area contributed by atoms with Crippen molar-refractivity contribution in [3.63, 3.8) is 0 Å². The van der Waals surface area contributed by atoms with E-state index in [4.69, 9.17) is 11.6 Å². The zero-order valence-electron chi connectivity index (χ0n) is 10.7. The van der Waals surface area contributed by atoms with E-state index in [9.17, 15) is 14.9 Å². The number of likely N-dealkylation sites (tertiary alicyclic amines) is 1. The van der Waals surface area contributed by atoms with E-state index < -0.39 is 4.92 Å². The number of hydrogen-bond donors (Lipinski definition) is 0. The first-order valence-corrected chi connectivity index (χ1v) is 7.82. The van der Waals surface area contributed by atoms with Gasteiger partial charge in [0.25, 0.3) is 11.6 Å². The van der Waals surface area contributed by atoms with Gasteiger partial charge in [-0.05, 0) is 30.9 Å². The normalized spacial score (nSPS) is 18.3. The summed E-state index contributed by atoms with van der Waals surface area (Å²) in [5, 5.41) is 12.2. The highest BCUT2D eigenvalue weighted by Crippen LogP contribution is 2.27. The van der Waals surface area contributed by atoms with E-state index in [0.29, 0.717) is 24.0 Å². The molecule has 0 saturated carbocycles. The molecule has 2 rings (SSSR count). The van der Waals surface area contributed by atoms with E-state index in [0.717, 1.165) is 18.2 Å². The average Bonchev–Trinajstić information content (AvgIpc) is 2.86. The van der Waals surface area contributed by atoms with Crippen LogP contribution in [0.3, 0.4) is 0 Å². The highest BCUT2D eigenvalue weighted by molar-refractivity contribution is 9.09. The molecule has 0 radical (unpaired) electrons. The number of rotatable bonds is 4. The number of amides is 1. The standard InChI is InChI=1S/C13H14BrClN2O3/c14-5-3-9-4-6-16(8-9)13(18)11-7-10(15)1-2-12(11)17(19)20/h1-2,7,9H,3-6,8H2. The number of carbonyl (C=O) groups is 1. The molecule has 1 unspecified atom stereocenters. The van der Waals surface area contributed by atoms with Crippen molar-refractivity contribution in [3.8, 4) is 0 Å². The number of carbonyl (C=O) groups excluding carboxylic acids is 1. The molecule has 0 aromatic heterocycles. The molecule has 108 valence electrons. The van der Waals surface area contributed by atoms with Gasteiger partial charge in [0.15, 0.2) is 0 Å². The van der Waals surface area contributed by atoms with Crippen molar-refractivity contribution in [1.82, 2.24) is 4.90 Å². The molecular formula is C13H14BrClN2O3. The number of benzene rings is 1. The van der Waals surface area contributed by atoms with E-state index in [1.54, 1.807) is 4.90 Å². The number of halogens is 2. The zero-order chi connectivity index (χ0) is 14.7. The van der Waals surface area contributed by atoms with Crippen LogP contribution in [0.25, 0.3) is 0 Å². The van der Waals surface area contributed by atoms with E-state index in [1.165, 1.54) is 18.2 Å². The van der Waals surface area contributed by atoms with E-state index in [-0.39, 0.29) is 17.2 Å². The van der Waals surface area contributed by atoms with Crippen molar-refractivity contribution >= 4 is 39.1 Å². The molecule has 1 aromatic rings. The second kappa shape index (κ2) is 6.54. The molecule has 1 aliphatic rings. The van der Waals surface area contributed by atoms with Crippen molar-refractivity contribution in [1.29, 1.82) is 0 Å². The van der Waals surface area contributed by atoms with Gasteiger partial charge >= 0.3 is 0 Å². The smallest absolute Gasteiger partial charge is 0.282 e. The third-order valence-electron chi connectivity index (χ3n) is 3.48. The van der Waals surface area contributed by atoms with Gasteiger partial charge in [-0.15, -0.1) is 0 Å². The van der Waals surface area contributed by atoms with Gasteiger partial charge in [-0.1, -0.05) is 27.5 Å². The summed E-state index contributed by atoms with van der Waals surface area (Å²) in [6, 6.07) is 4.08. The monoisotopic (exact) mass is 360 g/mol. The maximum Gasteiger partial charge on any atom is 0.282 e. The summed E-state index contributed by atoms with van der Waals surface area (Å²) < 4.78 is 0. The fourth-order valence-corrected chi connectivity index (χ4v) is 3.24. The first-order valence-electron chi connectivity index (χ1n) is 6.32. The Kier molecular flexibility index (Phi) is 4.99. The molecular weight excluding hydrogens is 348 g/mol. The van der Waals surface area contributed by atoms with Crippen molar-refractivity contribution in [2.45, 2.75) is 12.8 Å². The number of nitrogens with zero attached hydrogens (tertiary/aromatic N) is 2. The SMILES string of the molecule is O=C(c1cc(Cl)ccc1[N+](=O)[O-])N1CCC(CCBr)C1. The van der Waals surface area contributed by atoms with Gasteiger partial charge in [0.1, 0.15) is 5.56 Å². The Balaban J connectivity index is 2.21. The largest absolute Gasteiger partial charge is 0.338 e. The van der Waals surface area contributed by atoms with Crippen LogP contribution < -0.4 is 0 Å². The predicted octanol–water partition coefficient (Wildman–Crippen LogP) is 3.50. The van der Waals surface area contributed by atoms with Gasteiger partial charge in [0.2, 0.25) is 0 Å². The van der Waals surface area contributed by atoms with Crippen LogP contribution in [-0.2, 0) is 0 Å². The lowest BCUT2D eigenvalue weighted by atomic mass is 10.1. The highest BCUT2D eigenvalue weighted by atomic mass is 79.9. The molecule has 7 heteroatoms. The fraction of sp³-hybridized carbons (Fsp3) is 0.462. The molecule has 0 spiro atoms. The van der Waals surface area contributed by atoms with E-state index in [2.05, 4.69) is 15.9 Å². The highest BCUT2D eigenvalue weighted by Gasteiger charge is 2.30. The number of hydrogen-bond acceptors (Lipinski definition) is 3. The molecule has 0 bridgehead atoms. The van der Waals surface area contributed by atoms with Gasteiger partial charge in [-0.2, -0.15) is 0 Å². The lowest BCUT2D eigenvalue weighted by Crippen LogP contribution is -2.29. The average molecular weight is 362 g/mol. The molecule has 1 aromatic carbocycles. The lowest BCUT2D eigenvalue weighted by molar-refractivity contribution is -0.385. The third-order valence-corrected chi connectivity index (χ3v) is 4.17. The maximum absolute atomic E-state index is 12.4. The summed E-state index contributed by atoms with van der Waals surface area (Å²) in [6.07, 6.45) is 1.94. The minimum Gasteiger partial charge on any atom is -0.338 e. The number of nitro benzene ring substituents is 1. The van der Waals surface area contributed by atoms with Crippen LogP contribution in [0.15, 0.2) is 18.2 Å². The molecule has 1 fully saturated rings. The van der Waals surface area contributed by atoms with Gasteiger partial charge in [0, 0.05) is 29.5 Å². The van der Waals surface area contributed by atoms with Gasteiger partial charge in [-0.25, -0.2) is 0 Å². The number of nitro groups is 1. The van der Waals surface area contributed by atoms with Crippen molar-refractivity contribution in [2.75, 3.05) is 18.4 Å². The Morgan fingerprint density at radius 2 is 2.30 bits per heavy atom. The summed E-state index contributed by atoms with van der Waals surface area (Å²) in [5.41, 5.74) is -0.120. The molecule has 1 amide bonds. The number of alkyl halides is 1. The van der Waals surface area contributed by atoms with Crippen LogP contribution in [0.1, 0.15) is 23.2 Å². The van der Waals surface area contributed by atoms with Crippen LogP contribution in [0.2, 0.25) is 5.02 Å². The molecule has 0 N–H and O–H groups in total. The van der Waals surface area contributed by atoms with Gasteiger partial charge in [-0.3, -0.25) is 14.9 Å². The van der Waals surface area contributed by atoms with E-state index in [1.807, 2.05) is 0 Å². The van der Waals surface area contributed by atoms with Crippen molar-refractivity contribution in [2.24, 2.45) is 5.92 Å². The van der Waals surface area contributed by atoms with Gasteiger partial charge in [0.05, 0.1) is 4.92 Å². The Hall–Kier alpha value is -1.14. The van der Waals surface area contributed by atoms with Crippen LogP contribution in [0.4, 0.5) is 5.69 Å². The van der Waals surface area contributed by atoms with Crippen LogP contribution in [0.5, 0.6) is 0 Å². The summed E-state index contributed by atoms with van der Waals surface area (Å²) in [4.78, 5) is 24.6. The second-order valence-electron chi connectivity index (χ2n) is 4.80. The molecule has 5 nitrogen and oxygen atoms in total. The Labute approximate surface area is 130 Å². The van der Waals surface area contributed by atoms with Crippen LogP contribution >= 0.6 is 27.5 Å². The predicted molar refractivity (Wildman–Crippen MR) is 80.5 cm³/mol. The first-order chi connectivity index (χ1) is 9.52. The third kappa shape index (κ3) is 3.30. The first kappa shape index (κ1) is 15.3. The molecule has 0 aliphatic carbocycles. The Morgan fingerprint density at radius 1 is 1.55 bits per heavy atom. The quantitative estimate of drug-likeness (QED) is 0.468. The second-order valence-corrected chi connectivity index (χ2v) is 6.03. The molecule has 1 heterocycles. The minimum atomic E-state index is -0.546. The van der Waals surface area contributed by atoms with Crippen molar-refractivity contribution in [3.05, 3.63) is 38.9 Å². The van der Waals surface area contributed by atoms with Crippen LogP contribution in [0, 0.1) is 16.0 Å². The summed E-state index contributed by atoms with van der Waals surface area (Å²) in [5.74, 6) is 0.146. The van der Waals surface area contributed by atoms with Gasteiger partial charge < -0.3 is 4.90 Å². The topological polar surface area (TPSA) is 63.4 Å². The zero-order valence-corrected chi connectivity index (χ0v) is 13.1. The van der Waals surface area contributed by atoms with Crippen molar-refractivity contribution < 1.29 is 9.72 Å². The Bertz CT molecular complexity index is 538. The lowest BCUT2D eigenvalue weighted by Gasteiger charge is -2.16. The molecule has 1 aliphatic heterocycles. The Morgan fingerprint density at radius 3 is 2.95 bits per heavy atom. The van der Waals surface area contributed by atoms with E-state index >= 15 is 0 Å².